The van der Waals surface area contributed by atoms with Gasteiger partial charge in [0, 0.05) is 36.4 Å². The molecule has 3 rings (SSSR count). The van der Waals surface area contributed by atoms with Gasteiger partial charge in [-0.25, -0.2) is 9.37 Å². The van der Waals surface area contributed by atoms with Gasteiger partial charge in [0.25, 0.3) is 5.56 Å². The van der Waals surface area contributed by atoms with Crippen LogP contribution in [0.25, 0.3) is 11.4 Å². The van der Waals surface area contributed by atoms with Crippen LogP contribution in [0.3, 0.4) is 0 Å². The van der Waals surface area contributed by atoms with Crippen molar-refractivity contribution >= 4 is 17.5 Å². The third kappa shape index (κ3) is 5.81. The number of hydrogen-bond donors (Lipinski definition) is 2. The number of aliphatic hydroxyl groups excluding tert-OH is 1. The van der Waals surface area contributed by atoms with Crippen molar-refractivity contribution in [1.82, 2.24) is 14.9 Å². The molecule has 0 unspecified atom stereocenters. The molecule has 0 spiro atoms. The molecule has 0 radical (unpaired) electrons. The molecule has 0 bridgehead atoms. The van der Waals surface area contributed by atoms with E-state index in [9.17, 15) is 32.3 Å². The van der Waals surface area contributed by atoms with Crippen LogP contribution in [0.15, 0.2) is 47.3 Å². The van der Waals surface area contributed by atoms with Crippen molar-refractivity contribution in [2.45, 2.75) is 32.6 Å². The van der Waals surface area contributed by atoms with Crippen molar-refractivity contribution in [2.24, 2.45) is 0 Å². The second-order valence-corrected chi connectivity index (χ2v) is 7.87. The summed E-state index contributed by atoms with van der Waals surface area (Å²) in [5.41, 5.74) is -0.228. The zero-order valence-electron chi connectivity index (χ0n) is 17.9. The van der Waals surface area contributed by atoms with E-state index in [0.29, 0.717) is 11.3 Å². The lowest BCUT2D eigenvalue weighted by Crippen LogP contribution is -2.35. The van der Waals surface area contributed by atoms with E-state index in [0.717, 1.165) is 22.8 Å². The number of aliphatic hydroxyl groups is 1. The van der Waals surface area contributed by atoms with E-state index in [-0.39, 0.29) is 41.5 Å². The summed E-state index contributed by atoms with van der Waals surface area (Å²) in [6.07, 6.45) is -4.53. The van der Waals surface area contributed by atoms with E-state index in [1.807, 2.05) is 0 Å². The standard InChI is InChI=1S/C23H20ClF4N3O3/c1-13-17(8-9-32)22(34)31(12-20(33)29-11-14-2-7-19(25)18(24)10-14)21(30-13)15-3-5-16(6-4-15)23(26,27)28/h2-7,10,32H,8-9,11-12H2,1H3,(H,29,33). The zero-order chi connectivity index (χ0) is 25.0. The minimum absolute atomic E-state index is 0.000651. The molecule has 1 aromatic heterocycles. The molecule has 0 aliphatic carbocycles. The Bertz CT molecular complexity index is 1260. The molecule has 2 N–H and O–H groups in total. The van der Waals surface area contributed by atoms with Gasteiger partial charge in [0.15, 0.2) is 0 Å². The first-order valence-electron chi connectivity index (χ1n) is 10.1. The van der Waals surface area contributed by atoms with Crippen molar-refractivity contribution in [2.75, 3.05) is 6.61 Å². The Morgan fingerprint density at radius 1 is 1.18 bits per heavy atom. The van der Waals surface area contributed by atoms with E-state index in [1.54, 1.807) is 6.92 Å². The normalized spacial score (nSPS) is 11.5. The fraction of sp³-hybridized carbons (Fsp3) is 0.261. The maximum absolute atomic E-state index is 13.3. The molecule has 11 heteroatoms. The summed E-state index contributed by atoms with van der Waals surface area (Å²) in [6, 6.07) is 8.01. The third-order valence-electron chi connectivity index (χ3n) is 5.08. The number of nitrogens with zero attached hydrogens (tertiary/aromatic N) is 2. The van der Waals surface area contributed by atoms with Gasteiger partial charge in [0.2, 0.25) is 5.91 Å². The number of alkyl halides is 3. The molecular weight excluding hydrogens is 478 g/mol. The molecule has 1 heterocycles. The molecule has 0 fully saturated rings. The number of aryl methyl sites for hydroxylation is 1. The van der Waals surface area contributed by atoms with Gasteiger partial charge in [-0.1, -0.05) is 29.8 Å². The van der Waals surface area contributed by atoms with Crippen LogP contribution in [0.4, 0.5) is 17.6 Å². The van der Waals surface area contributed by atoms with Crippen LogP contribution in [-0.2, 0) is 30.5 Å². The fourth-order valence-electron chi connectivity index (χ4n) is 3.33. The molecule has 0 saturated carbocycles. The highest BCUT2D eigenvalue weighted by Crippen LogP contribution is 2.30. The second kappa shape index (κ2) is 10.4. The van der Waals surface area contributed by atoms with Gasteiger partial charge in [0.05, 0.1) is 10.6 Å². The monoisotopic (exact) mass is 497 g/mol. The van der Waals surface area contributed by atoms with E-state index < -0.39 is 35.6 Å². The van der Waals surface area contributed by atoms with Crippen LogP contribution < -0.4 is 10.9 Å². The Morgan fingerprint density at radius 3 is 2.44 bits per heavy atom. The van der Waals surface area contributed by atoms with Crippen LogP contribution in [0.2, 0.25) is 5.02 Å². The maximum Gasteiger partial charge on any atom is 0.416 e. The number of carbonyl (C=O) groups excluding carboxylic acids is 1. The van der Waals surface area contributed by atoms with Crippen LogP contribution in [0.5, 0.6) is 0 Å². The van der Waals surface area contributed by atoms with Gasteiger partial charge in [-0.05, 0) is 36.8 Å². The Hall–Kier alpha value is -3.24. The lowest BCUT2D eigenvalue weighted by molar-refractivity contribution is -0.137. The molecule has 34 heavy (non-hydrogen) atoms. The molecule has 0 saturated heterocycles. The van der Waals surface area contributed by atoms with Crippen molar-refractivity contribution in [3.63, 3.8) is 0 Å². The van der Waals surface area contributed by atoms with Gasteiger partial charge < -0.3 is 10.4 Å². The average molecular weight is 498 g/mol. The number of rotatable bonds is 7. The maximum atomic E-state index is 13.3. The molecular formula is C23H20ClF4N3O3. The minimum atomic E-state index is -4.53. The topological polar surface area (TPSA) is 84.2 Å². The number of benzene rings is 2. The number of aromatic nitrogens is 2. The largest absolute Gasteiger partial charge is 0.416 e. The number of hydrogen-bond acceptors (Lipinski definition) is 4. The van der Waals surface area contributed by atoms with Gasteiger partial charge in [0.1, 0.15) is 18.2 Å². The summed E-state index contributed by atoms with van der Waals surface area (Å²) in [7, 11) is 0. The summed E-state index contributed by atoms with van der Waals surface area (Å²) >= 11 is 5.74. The van der Waals surface area contributed by atoms with Crippen LogP contribution in [0, 0.1) is 12.7 Å². The van der Waals surface area contributed by atoms with E-state index in [4.69, 9.17) is 11.6 Å². The first kappa shape index (κ1) is 25.4. The van der Waals surface area contributed by atoms with Crippen molar-refractivity contribution in [1.29, 1.82) is 0 Å². The first-order valence-corrected chi connectivity index (χ1v) is 10.5. The highest BCUT2D eigenvalue weighted by Gasteiger charge is 2.30. The summed E-state index contributed by atoms with van der Waals surface area (Å²) in [5.74, 6) is -1.18. The van der Waals surface area contributed by atoms with Gasteiger partial charge >= 0.3 is 6.18 Å². The molecule has 3 aromatic rings. The predicted molar refractivity (Wildman–Crippen MR) is 118 cm³/mol. The molecule has 180 valence electrons. The van der Waals surface area contributed by atoms with Gasteiger partial charge in [-0.3, -0.25) is 14.2 Å². The van der Waals surface area contributed by atoms with Gasteiger partial charge in [-0.2, -0.15) is 13.2 Å². The SMILES string of the molecule is Cc1nc(-c2ccc(C(F)(F)F)cc2)n(CC(=O)NCc2ccc(F)c(Cl)c2)c(=O)c1CCO. The molecule has 0 aliphatic rings. The Labute approximate surface area is 196 Å². The molecule has 2 aromatic carbocycles. The molecule has 1 amide bonds. The van der Waals surface area contributed by atoms with Crippen molar-refractivity contribution in [3.05, 3.63) is 86.0 Å². The predicted octanol–water partition coefficient (Wildman–Crippen LogP) is 3.88. The van der Waals surface area contributed by atoms with Crippen molar-refractivity contribution < 1.29 is 27.5 Å². The van der Waals surface area contributed by atoms with Crippen molar-refractivity contribution in [3.8, 4) is 11.4 Å². The number of nitrogens with one attached hydrogen (secondary N) is 1. The highest BCUT2D eigenvalue weighted by molar-refractivity contribution is 6.30. The second-order valence-electron chi connectivity index (χ2n) is 7.46. The quantitative estimate of drug-likeness (QED) is 0.485. The minimum Gasteiger partial charge on any atom is -0.396 e. The zero-order valence-corrected chi connectivity index (χ0v) is 18.7. The van der Waals surface area contributed by atoms with Crippen LogP contribution in [0.1, 0.15) is 22.4 Å². The Balaban J connectivity index is 1.93. The van der Waals surface area contributed by atoms with E-state index in [1.165, 1.54) is 24.3 Å². The van der Waals surface area contributed by atoms with Crippen LogP contribution in [-0.4, -0.2) is 27.2 Å². The van der Waals surface area contributed by atoms with E-state index >= 15 is 0 Å². The van der Waals surface area contributed by atoms with E-state index in [2.05, 4.69) is 10.3 Å². The summed E-state index contributed by atoms with van der Waals surface area (Å²) in [5, 5.41) is 11.8. The first-order chi connectivity index (χ1) is 16.0. The average Bonchev–Trinajstić information content (AvgIpc) is 2.78. The summed E-state index contributed by atoms with van der Waals surface area (Å²) in [6.45, 7) is 0.749. The Kier molecular flexibility index (Phi) is 7.73. The fourth-order valence-corrected chi connectivity index (χ4v) is 3.53. The molecule has 0 aliphatic heterocycles. The molecule has 0 atom stereocenters. The summed E-state index contributed by atoms with van der Waals surface area (Å²) < 4.78 is 53.2. The number of amides is 1. The number of carbonyl (C=O) groups is 1. The highest BCUT2D eigenvalue weighted by atomic mass is 35.5. The lowest BCUT2D eigenvalue weighted by atomic mass is 10.1. The molecule has 6 nitrogen and oxygen atoms in total. The smallest absolute Gasteiger partial charge is 0.396 e. The van der Waals surface area contributed by atoms with Crippen LogP contribution >= 0.6 is 11.6 Å². The number of halogens is 5. The third-order valence-corrected chi connectivity index (χ3v) is 5.37. The summed E-state index contributed by atoms with van der Waals surface area (Å²) in [4.78, 5) is 30.0. The Morgan fingerprint density at radius 2 is 1.85 bits per heavy atom. The lowest BCUT2D eigenvalue weighted by Gasteiger charge is -2.16. The van der Waals surface area contributed by atoms with Gasteiger partial charge in [-0.15, -0.1) is 0 Å².